The Bertz CT molecular complexity index is 399. The van der Waals surface area contributed by atoms with Gasteiger partial charge in [0.2, 0.25) is 11.8 Å². The van der Waals surface area contributed by atoms with Crippen molar-refractivity contribution in [3.63, 3.8) is 0 Å². The van der Waals surface area contributed by atoms with E-state index < -0.39 is 4.92 Å². The maximum Gasteiger partial charge on any atom is 0.329 e. The second kappa shape index (κ2) is 4.30. The highest BCUT2D eigenvalue weighted by Crippen LogP contribution is 2.24. The number of nitrogens with zero attached hydrogens (tertiary/aromatic N) is 3. The van der Waals surface area contributed by atoms with Crippen molar-refractivity contribution < 1.29 is 4.92 Å². The minimum absolute atomic E-state index is 0.131. The highest BCUT2D eigenvalue weighted by Gasteiger charge is 2.21. The first kappa shape index (κ1) is 12.2. The standard InChI is InChI=1S/C9H15N5O2/c1-9(2,3)13-7-6(14(15)16)5-11-8(10-4)12-7/h5H,1-4H3,(H2,10,11,12,13). The number of rotatable bonds is 3. The van der Waals surface area contributed by atoms with E-state index >= 15 is 0 Å². The van der Waals surface area contributed by atoms with Gasteiger partial charge in [-0.15, -0.1) is 0 Å². The predicted molar refractivity (Wildman–Crippen MR) is 61.6 cm³/mol. The summed E-state index contributed by atoms with van der Waals surface area (Å²) in [6.07, 6.45) is 1.19. The van der Waals surface area contributed by atoms with Gasteiger partial charge >= 0.3 is 5.69 Å². The van der Waals surface area contributed by atoms with E-state index in [4.69, 9.17) is 0 Å². The van der Waals surface area contributed by atoms with Gasteiger partial charge in [-0.3, -0.25) is 10.1 Å². The Labute approximate surface area is 93.4 Å². The molecule has 7 nitrogen and oxygen atoms in total. The lowest BCUT2D eigenvalue weighted by Gasteiger charge is -2.21. The molecule has 0 atom stereocenters. The van der Waals surface area contributed by atoms with Gasteiger partial charge in [-0.2, -0.15) is 4.98 Å². The second-order valence-corrected chi connectivity index (χ2v) is 4.31. The molecule has 2 N–H and O–H groups in total. The Morgan fingerprint density at radius 3 is 2.50 bits per heavy atom. The van der Waals surface area contributed by atoms with Gasteiger partial charge in [0.15, 0.2) is 0 Å². The largest absolute Gasteiger partial charge is 0.360 e. The summed E-state index contributed by atoms with van der Waals surface area (Å²) >= 11 is 0. The normalized spacial score (nSPS) is 11.0. The lowest BCUT2D eigenvalue weighted by Crippen LogP contribution is -2.27. The van der Waals surface area contributed by atoms with Gasteiger partial charge in [0.25, 0.3) is 0 Å². The van der Waals surface area contributed by atoms with Crippen molar-refractivity contribution in [3.05, 3.63) is 16.3 Å². The van der Waals surface area contributed by atoms with E-state index in [1.807, 2.05) is 20.8 Å². The summed E-state index contributed by atoms with van der Waals surface area (Å²) in [7, 11) is 1.65. The minimum Gasteiger partial charge on any atom is -0.360 e. The summed E-state index contributed by atoms with van der Waals surface area (Å²) in [5.41, 5.74) is -0.432. The van der Waals surface area contributed by atoms with Crippen LogP contribution in [0.3, 0.4) is 0 Å². The van der Waals surface area contributed by atoms with Crippen molar-refractivity contribution in [1.82, 2.24) is 9.97 Å². The molecule has 1 aromatic rings. The van der Waals surface area contributed by atoms with Crippen LogP contribution in [0.5, 0.6) is 0 Å². The summed E-state index contributed by atoms with van der Waals surface area (Å²) in [5.74, 6) is 0.564. The van der Waals surface area contributed by atoms with Crippen molar-refractivity contribution in [2.45, 2.75) is 26.3 Å². The van der Waals surface area contributed by atoms with Crippen LogP contribution in [0.1, 0.15) is 20.8 Å². The molecule has 7 heteroatoms. The molecule has 0 saturated carbocycles. The zero-order chi connectivity index (χ0) is 12.3. The molecule has 1 aromatic heterocycles. The van der Waals surface area contributed by atoms with E-state index in [0.717, 1.165) is 0 Å². The van der Waals surface area contributed by atoms with E-state index in [9.17, 15) is 10.1 Å². The Hall–Kier alpha value is -1.92. The quantitative estimate of drug-likeness (QED) is 0.600. The van der Waals surface area contributed by atoms with Crippen molar-refractivity contribution >= 4 is 17.5 Å². The zero-order valence-electron chi connectivity index (χ0n) is 9.74. The van der Waals surface area contributed by atoms with Gasteiger partial charge in [-0.1, -0.05) is 0 Å². The Morgan fingerprint density at radius 2 is 2.06 bits per heavy atom. The molecule has 0 amide bonds. The number of nitrogens with one attached hydrogen (secondary N) is 2. The van der Waals surface area contributed by atoms with E-state index in [0.29, 0.717) is 5.95 Å². The second-order valence-electron chi connectivity index (χ2n) is 4.31. The third kappa shape index (κ3) is 3.04. The van der Waals surface area contributed by atoms with Crippen molar-refractivity contribution in [1.29, 1.82) is 0 Å². The first-order chi connectivity index (χ1) is 7.33. The molecule has 0 saturated heterocycles. The summed E-state index contributed by atoms with van der Waals surface area (Å²) in [6, 6.07) is 0. The molecule has 0 aliphatic carbocycles. The lowest BCUT2D eigenvalue weighted by atomic mass is 10.1. The summed E-state index contributed by atoms with van der Waals surface area (Å²) in [6.45, 7) is 5.70. The third-order valence-electron chi connectivity index (χ3n) is 1.68. The molecule has 0 aliphatic heterocycles. The van der Waals surface area contributed by atoms with Gasteiger partial charge in [-0.05, 0) is 20.8 Å². The number of hydrogen-bond donors (Lipinski definition) is 2. The third-order valence-corrected chi connectivity index (χ3v) is 1.68. The lowest BCUT2D eigenvalue weighted by molar-refractivity contribution is -0.384. The molecule has 0 radical (unpaired) electrons. The van der Waals surface area contributed by atoms with Crippen molar-refractivity contribution in [2.75, 3.05) is 17.7 Å². The van der Waals surface area contributed by atoms with Gasteiger partial charge in [0, 0.05) is 12.6 Å². The maximum atomic E-state index is 10.8. The van der Waals surface area contributed by atoms with Crippen LogP contribution in [0, 0.1) is 10.1 Å². The molecule has 0 aromatic carbocycles. The van der Waals surface area contributed by atoms with Crippen LogP contribution in [0.25, 0.3) is 0 Å². The highest BCUT2D eigenvalue weighted by atomic mass is 16.6. The van der Waals surface area contributed by atoms with Gasteiger partial charge in [-0.25, -0.2) is 4.98 Å². The molecule has 1 rings (SSSR count). The SMILES string of the molecule is CNc1ncc([N+](=O)[O-])c(NC(C)(C)C)n1. The molecule has 16 heavy (non-hydrogen) atoms. The van der Waals surface area contributed by atoms with Gasteiger partial charge in [0.1, 0.15) is 6.20 Å². The average molecular weight is 225 g/mol. The molecular formula is C9H15N5O2. The predicted octanol–water partition coefficient (Wildman–Crippen LogP) is 1.64. The number of nitro groups is 1. The van der Waals surface area contributed by atoms with Crippen LogP contribution in [0.2, 0.25) is 0 Å². The Kier molecular flexibility index (Phi) is 3.26. The van der Waals surface area contributed by atoms with Crippen LogP contribution in [-0.4, -0.2) is 27.5 Å². The molecule has 88 valence electrons. The molecule has 0 aliphatic rings. The molecule has 0 spiro atoms. The monoisotopic (exact) mass is 225 g/mol. The molecule has 0 bridgehead atoms. The van der Waals surface area contributed by atoms with Crippen LogP contribution < -0.4 is 10.6 Å². The highest BCUT2D eigenvalue weighted by molar-refractivity contribution is 5.57. The number of hydrogen-bond acceptors (Lipinski definition) is 6. The summed E-state index contributed by atoms with van der Waals surface area (Å²) in [4.78, 5) is 18.1. The van der Waals surface area contributed by atoms with Crippen molar-refractivity contribution in [3.8, 4) is 0 Å². The molecule has 1 heterocycles. The van der Waals surface area contributed by atoms with Crippen LogP contribution in [-0.2, 0) is 0 Å². The van der Waals surface area contributed by atoms with Crippen molar-refractivity contribution in [2.24, 2.45) is 0 Å². The number of aromatic nitrogens is 2. The fraction of sp³-hybridized carbons (Fsp3) is 0.556. The maximum absolute atomic E-state index is 10.8. The van der Waals surface area contributed by atoms with Gasteiger partial charge < -0.3 is 10.6 Å². The topological polar surface area (TPSA) is 93.0 Å². The molecule has 0 fully saturated rings. The zero-order valence-corrected chi connectivity index (χ0v) is 9.74. The number of anilines is 2. The van der Waals surface area contributed by atoms with Gasteiger partial charge in [0.05, 0.1) is 4.92 Å². The Morgan fingerprint density at radius 1 is 1.44 bits per heavy atom. The fourth-order valence-corrected chi connectivity index (χ4v) is 1.08. The van der Waals surface area contributed by atoms with E-state index in [-0.39, 0.29) is 17.0 Å². The van der Waals surface area contributed by atoms with Crippen LogP contribution in [0.4, 0.5) is 17.5 Å². The molecule has 0 unspecified atom stereocenters. The fourth-order valence-electron chi connectivity index (χ4n) is 1.08. The van der Waals surface area contributed by atoms with Crippen LogP contribution in [0.15, 0.2) is 6.20 Å². The Balaban J connectivity index is 3.15. The van der Waals surface area contributed by atoms with E-state index in [2.05, 4.69) is 20.6 Å². The molecular weight excluding hydrogens is 210 g/mol. The van der Waals surface area contributed by atoms with E-state index in [1.165, 1.54) is 6.20 Å². The summed E-state index contributed by atoms with van der Waals surface area (Å²) < 4.78 is 0. The first-order valence-corrected chi connectivity index (χ1v) is 4.81. The average Bonchev–Trinajstić information content (AvgIpc) is 2.14. The smallest absolute Gasteiger partial charge is 0.329 e. The van der Waals surface area contributed by atoms with Crippen LogP contribution >= 0.6 is 0 Å². The first-order valence-electron chi connectivity index (χ1n) is 4.81. The van der Waals surface area contributed by atoms with E-state index in [1.54, 1.807) is 7.05 Å². The minimum atomic E-state index is -0.506. The summed E-state index contributed by atoms with van der Waals surface area (Å²) in [5, 5.41) is 16.5.